The molecule has 1 aromatic carbocycles. The number of hydrogen-bond acceptors (Lipinski definition) is 3. The fourth-order valence-electron chi connectivity index (χ4n) is 2.03. The van der Waals surface area contributed by atoms with Gasteiger partial charge in [-0.1, -0.05) is 22.0 Å². The van der Waals surface area contributed by atoms with Gasteiger partial charge in [0.25, 0.3) is 0 Å². The molecule has 1 aromatic heterocycles. The third-order valence-electron chi connectivity index (χ3n) is 2.89. The highest BCUT2D eigenvalue weighted by Crippen LogP contribution is 2.21. The molecule has 0 spiro atoms. The lowest BCUT2D eigenvalue weighted by Crippen LogP contribution is -2.33. The van der Waals surface area contributed by atoms with E-state index in [1.807, 2.05) is 19.9 Å². The minimum absolute atomic E-state index is 0.0633. The van der Waals surface area contributed by atoms with Crippen molar-refractivity contribution in [3.8, 4) is 0 Å². The molecule has 0 aliphatic carbocycles. The van der Waals surface area contributed by atoms with E-state index in [0.29, 0.717) is 12.1 Å². The molecule has 1 heterocycles. The van der Waals surface area contributed by atoms with Crippen molar-refractivity contribution in [3.63, 3.8) is 0 Å². The van der Waals surface area contributed by atoms with Crippen LogP contribution in [0.2, 0.25) is 0 Å². The van der Waals surface area contributed by atoms with Crippen LogP contribution in [0.4, 0.5) is 4.39 Å². The lowest BCUT2D eigenvalue weighted by molar-refractivity contribution is 0.405. The van der Waals surface area contributed by atoms with Crippen LogP contribution in [-0.2, 0) is 6.54 Å². The Bertz CT molecular complexity index is 529. The molecule has 0 saturated heterocycles. The van der Waals surface area contributed by atoms with Crippen molar-refractivity contribution < 1.29 is 4.39 Å². The van der Waals surface area contributed by atoms with Gasteiger partial charge in [0.05, 0.1) is 6.54 Å². The highest BCUT2D eigenvalue weighted by Gasteiger charge is 2.14. The predicted octanol–water partition coefficient (Wildman–Crippen LogP) is 2.92. The van der Waals surface area contributed by atoms with Crippen molar-refractivity contribution >= 4 is 15.9 Å². The van der Waals surface area contributed by atoms with Crippen LogP contribution in [0.25, 0.3) is 0 Å². The Morgan fingerprint density at radius 2 is 2.21 bits per heavy atom. The summed E-state index contributed by atoms with van der Waals surface area (Å²) in [5.74, 6) is -0.206. The van der Waals surface area contributed by atoms with Gasteiger partial charge in [-0.15, -0.1) is 0 Å². The van der Waals surface area contributed by atoms with Crippen LogP contribution in [0.3, 0.4) is 0 Å². The van der Waals surface area contributed by atoms with Crippen molar-refractivity contribution in [2.75, 3.05) is 0 Å². The Hall–Kier alpha value is -1.27. The first kappa shape index (κ1) is 14.1. The third-order valence-corrected chi connectivity index (χ3v) is 3.38. The van der Waals surface area contributed by atoms with Crippen molar-refractivity contribution in [3.05, 3.63) is 46.7 Å². The number of halogens is 2. The van der Waals surface area contributed by atoms with E-state index < -0.39 is 0 Å². The number of rotatable bonds is 5. The Balaban J connectivity index is 1.98. The highest BCUT2D eigenvalue weighted by atomic mass is 79.9. The molecule has 0 unspecified atom stereocenters. The molecule has 6 heteroatoms. The van der Waals surface area contributed by atoms with Gasteiger partial charge in [0.1, 0.15) is 18.5 Å². The smallest absolute Gasteiger partial charge is 0.137 e. The second kappa shape index (κ2) is 6.25. The lowest BCUT2D eigenvalue weighted by Gasteiger charge is -2.20. The molecule has 0 bridgehead atoms. The van der Waals surface area contributed by atoms with Crippen LogP contribution in [0.5, 0.6) is 0 Å². The maximum Gasteiger partial charge on any atom is 0.137 e. The number of aromatic nitrogens is 3. The van der Waals surface area contributed by atoms with Crippen molar-refractivity contribution in [2.24, 2.45) is 0 Å². The van der Waals surface area contributed by atoms with E-state index in [1.165, 1.54) is 12.4 Å². The van der Waals surface area contributed by atoms with Gasteiger partial charge in [0.15, 0.2) is 0 Å². The molecule has 0 radical (unpaired) electrons. The molecule has 0 aliphatic heterocycles. The number of nitrogens with one attached hydrogen (secondary N) is 1. The zero-order valence-corrected chi connectivity index (χ0v) is 12.4. The molecular weight excluding hydrogens is 311 g/mol. The molecule has 2 aromatic rings. The van der Waals surface area contributed by atoms with E-state index in [2.05, 4.69) is 31.3 Å². The highest BCUT2D eigenvalue weighted by molar-refractivity contribution is 9.10. The molecule has 2 rings (SSSR count). The van der Waals surface area contributed by atoms with Gasteiger partial charge in [-0.05, 0) is 26.0 Å². The number of nitrogens with zero attached hydrogens (tertiary/aromatic N) is 3. The summed E-state index contributed by atoms with van der Waals surface area (Å²) in [6, 6.07) is 5.22. The largest absolute Gasteiger partial charge is 0.306 e. The summed E-state index contributed by atoms with van der Waals surface area (Å²) in [4.78, 5) is 3.90. The first-order valence-electron chi connectivity index (χ1n) is 6.09. The van der Waals surface area contributed by atoms with Gasteiger partial charge in [-0.25, -0.2) is 9.37 Å². The minimum atomic E-state index is -0.206. The van der Waals surface area contributed by atoms with Crippen molar-refractivity contribution in [1.29, 1.82) is 0 Å². The van der Waals surface area contributed by atoms with Crippen LogP contribution in [0.1, 0.15) is 25.5 Å². The molecule has 0 aliphatic rings. The first-order valence-corrected chi connectivity index (χ1v) is 6.89. The predicted molar refractivity (Wildman–Crippen MR) is 75.1 cm³/mol. The number of benzene rings is 1. The summed E-state index contributed by atoms with van der Waals surface area (Å²) in [5, 5.41) is 7.40. The zero-order chi connectivity index (χ0) is 13.8. The van der Waals surface area contributed by atoms with Crippen molar-refractivity contribution in [2.45, 2.75) is 32.5 Å². The second-order valence-corrected chi connectivity index (χ2v) is 5.49. The van der Waals surface area contributed by atoms with Crippen LogP contribution >= 0.6 is 15.9 Å². The maximum atomic E-state index is 13.8. The fourth-order valence-corrected chi connectivity index (χ4v) is 2.36. The summed E-state index contributed by atoms with van der Waals surface area (Å²) in [6.07, 6.45) is 3.17. The molecule has 1 N–H and O–H groups in total. The topological polar surface area (TPSA) is 42.7 Å². The Labute approximate surface area is 120 Å². The van der Waals surface area contributed by atoms with Gasteiger partial charge in [-0.3, -0.25) is 4.68 Å². The monoisotopic (exact) mass is 326 g/mol. The standard InChI is InChI=1S/C13H16BrFN4/c1-9(6-19-8-16-7-17-19)18-10(2)12-4-3-11(14)5-13(12)15/h3-5,7-10,18H,6H2,1-2H3/t9-,10+/m0/s1. The SMILES string of the molecule is C[C@@H](Cn1cncn1)N[C@H](C)c1ccc(Br)cc1F. The van der Waals surface area contributed by atoms with E-state index in [9.17, 15) is 4.39 Å². The molecule has 2 atom stereocenters. The van der Waals surface area contributed by atoms with E-state index in [-0.39, 0.29) is 17.9 Å². The van der Waals surface area contributed by atoms with Crippen LogP contribution in [0.15, 0.2) is 35.3 Å². The van der Waals surface area contributed by atoms with Crippen molar-refractivity contribution in [1.82, 2.24) is 20.1 Å². The zero-order valence-electron chi connectivity index (χ0n) is 10.8. The summed E-state index contributed by atoms with van der Waals surface area (Å²) in [6.45, 7) is 4.68. The maximum absolute atomic E-state index is 13.8. The fraction of sp³-hybridized carbons (Fsp3) is 0.385. The normalized spacial score (nSPS) is 14.3. The second-order valence-electron chi connectivity index (χ2n) is 4.57. The summed E-state index contributed by atoms with van der Waals surface area (Å²) >= 11 is 3.26. The van der Waals surface area contributed by atoms with Crippen LogP contribution in [0, 0.1) is 5.82 Å². The average molecular weight is 327 g/mol. The van der Waals surface area contributed by atoms with Crippen LogP contribution < -0.4 is 5.32 Å². The van der Waals surface area contributed by atoms with E-state index in [4.69, 9.17) is 0 Å². The quantitative estimate of drug-likeness (QED) is 0.918. The summed E-state index contributed by atoms with van der Waals surface area (Å²) in [7, 11) is 0. The summed E-state index contributed by atoms with van der Waals surface area (Å²) < 4.78 is 16.3. The molecule has 0 fully saturated rings. The first-order chi connectivity index (χ1) is 9.06. The lowest BCUT2D eigenvalue weighted by atomic mass is 10.1. The number of hydrogen-bond donors (Lipinski definition) is 1. The molecule has 19 heavy (non-hydrogen) atoms. The minimum Gasteiger partial charge on any atom is -0.306 e. The Morgan fingerprint density at radius 1 is 1.42 bits per heavy atom. The third kappa shape index (κ3) is 3.84. The Kier molecular flexibility index (Phi) is 4.66. The molecule has 102 valence electrons. The Morgan fingerprint density at radius 3 is 2.84 bits per heavy atom. The van der Waals surface area contributed by atoms with Gasteiger partial charge in [-0.2, -0.15) is 5.10 Å². The average Bonchev–Trinajstić information content (AvgIpc) is 2.81. The van der Waals surface area contributed by atoms with Gasteiger partial charge >= 0.3 is 0 Å². The van der Waals surface area contributed by atoms with E-state index in [0.717, 1.165) is 4.47 Å². The molecular formula is C13H16BrFN4. The molecule has 0 saturated carbocycles. The molecule has 0 amide bonds. The van der Waals surface area contributed by atoms with E-state index in [1.54, 1.807) is 17.1 Å². The van der Waals surface area contributed by atoms with Gasteiger partial charge in [0.2, 0.25) is 0 Å². The summed E-state index contributed by atoms with van der Waals surface area (Å²) in [5.41, 5.74) is 0.661. The van der Waals surface area contributed by atoms with Crippen LogP contribution in [-0.4, -0.2) is 20.8 Å². The van der Waals surface area contributed by atoms with Gasteiger partial charge in [0, 0.05) is 22.1 Å². The van der Waals surface area contributed by atoms with Gasteiger partial charge < -0.3 is 5.32 Å². The van der Waals surface area contributed by atoms with E-state index >= 15 is 0 Å². The molecule has 4 nitrogen and oxygen atoms in total.